The highest BCUT2D eigenvalue weighted by atomic mass is 35.5. The van der Waals surface area contributed by atoms with E-state index in [1.807, 2.05) is 0 Å². The van der Waals surface area contributed by atoms with Crippen LogP contribution in [0.1, 0.15) is 6.42 Å². The van der Waals surface area contributed by atoms with Crippen molar-refractivity contribution in [2.75, 3.05) is 26.2 Å². The molecule has 0 fully saturated rings. The van der Waals surface area contributed by atoms with Gasteiger partial charge in [-0.1, -0.05) is 23.2 Å². The molecule has 4 nitrogen and oxygen atoms in total. The van der Waals surface area contributed by atoms with Gasteiger partial charge in [-0.05, 0) is 24.6 Å². The van der Waals surface area contributed by atoms with Crippen LogP contribution in [0.2, 0.25) is 10.0 Å². The largest absolute Gasteiger partial charge is 0.492 e. The summed E-state index contributed by atoms with van der Waals surface area (Å²) in [6.45, 7) is 3.18. The summed E-state index contributed by atoms with van der Waals surface area (Å²) in [5, 5.41) is 7.49. The third kappa shape index (κ3) is 3.96. The molecule has 1 aromatic carbocycles. The molecule has 0 unspecified atom stereocenters. The zero-order chi connectivity index (χ0) is 12.8. The van der Waals surface area contributed by atoms with Crippen LogP contribution in [0, 0.1) is 0 Å². The quantitative estimate of drug-likeness (QED) is 0.817. The predicted octanol–water partition coefficient (Wildman–Crippen LogP) is 2.31. The topological polar surface area (TPSA) is 45.6 Å². The first kappa shape index (κ1) is 13.3. The lowest BCUT2D eigenvalue weighted by Gasteiger charge is -2.09. The Morgan fingerprint density at radius 2 is 2.28 bits per heavy atom. The Kier molecular flexibility index (Phi) is 4.96. The maximum absolute atomic E-state index is 5.99. The van der Waals surface area contributed by atoms with Crippen LogP contribution in [0.4, 0.5) is 0 Å². The molecule has 0 radical (unpaired) electrons. The Balaban J connectivity index is 1.65. The molecular weight excluding hydrogens is 273 g/mol. The second-order valence-electron chi connectivity index (χ2n) is 3.86. The Morgan fingerprint density at radius 3 is 3.00 bits per heavy atom. The van der Waals surface area contributed by atoms with Crippen LogP contribution in [0.5, 0.6) is 5.75 Å². The van der Waals surface area contributed by atoms with Gasteiger partial charge in [0.2, 0.25) is 0 Å². The average molecular weight is 288 g/mol. The Labute approximate surface area is 116 Å². The summed E-state index contributed by atoms with van der Waals surface area (Å²) >= 11 is 11.8. The summed E-state index contributed by atoms with van der Waals surface area (Å²) in [5.74, 6) is 1.54. The van der Waals surface area contributed by atoms with Gasteiger partial charge in [-0.25, -0.2) is 0 Å². The van der Waals surface area contributed by atoms with Crippen LogP contribution >= 0.6 is 23.2 Å². The van der Waals surface area contributed by atoms with E-state index in [1.54, 1.807) is 18.2 Å². The molecule has 1 aliphatic rings. The number of ether oxygens (including phenoxy) is 1. The van der Waals surface area contributed by atoms with Gasteiger partial charge < -0.3 is 15.4 Å². The standard InChI is InChI=1S/C12H15Cl2N3O/c13-9-2-3-11(10(14)8-9)18-7-1-4-15-12-16-5-6-17-12/h2-3,8H,1,4-7H2,(H2,15,16,17). The van der Waals surface area contributed by atoms with Crippen molar-refractivity contribution in [3.8, 4) is 5.75 Å². The van der Waals surface area contributed by atoms with Crippen molar-refractivity contribution in [2.24, 2.45) is 4.99 Å². The highest BCUT2D eigenvalue weighted by Gasteiger charge is 2.04. The first-order valence-electron chi connectivity index (χ1n) is 5.86. The van der Waals surface area contributed by atoms with Gasteiger partial charge in [0.1, 0.15) is 5.75 Å². The van der Waals surface area contributed by atoms with Gasteiger partial charge >= 0.3 is 0 Å². The fourth-order valence-corrected chi connectivity index (χ4v) is 2.03. The third-order valence-electron chi connectivity index (χ3n) is 2.44. The van der Waals surface area contributed by atoms with Crippen molar-refractivity contribution in [3.63, 3.8) is 0 Å². The molecule has 0 saturated heterocycles. The minimum Gasteiger partial charge on any atom is -0.492 e. The smallest absolute Gasteiger partial charge is 0.191 e. The number of aliphatic imine (C=N–C) groups is 1. The van der Waals surface area contributed by atoms with E-state index in [9.17, 15) is 0 Å². The van der Waals surface area contributed by atoms with E-state index in [0.29, 0.717) is 22.4 Å². The van der Waals surface area contributed by atoms with Crippen LogP contribution < -0.4 is 15.4 Å². The van der Waals surface area contributed by atoms with E-state index in [0.717, 1.165) is 32.0 Å². The van der Waals surface area contributed by atoms with Crippen LogP contribution in [0.3, 0.4) is 0 Å². The minimum atomic E-state index is 0.539. The zero-order valence-electron chi connectivity index (χ0n) is 9.88. The molecule has 0 spiro atoms. The van der Waals surface area contributed by atoms with Crippen molar-refractivity contribution in [1.29, 1.82) is 0 Å². The lowest BCUT2D eigenvalue weighted by Crippen LogP contribution is -2.34. The SMILES string of the molecule is Clc1ccc(OCCCNC2=NCCN2)c(Cl)c1. The predicted molar refractivity (Wildman–Crippen MR) is 74.9 cm³/mol. The zero-order valence-corrected chi connectivity index (χ0v) is 11.4. The summed E-state index contributed by atoms with van der Waals surface area (Å²) in [5.41, 5.74) is 0. The maximum atomic E-state index is 5.99. The van der Waals surface area contributed by atoms with E-state index in [1.165, 1.54) is 0 Å². The maximum Gasteiger partial charge on any atom is 0.191 e. The second kappa shape index (κ2) is 6.71. The average Bonchev–Trinajstić information content (AvgIpc) is 2.84. The minimum absolute atomic E-state index is 0.539. The highest BCUT2D eigenvalue weighted by molar-refractivity contribution is 6.35. The van der Waals surface area contributed by atoms with Crippen LogP contribution in [0.25, 0.3) is 0 Å². The second-order valence-corrected chi connectivity index (χ2v) is 4.70. The first-order chi connectivity index (χ1) is 8.75. The molecule has 2 rings (SSSR count). The van der Waals surface area contributed by atoms with Crippen molar-refractivity contribution in [2.45, 2.75) is 6.42 Å². The van der Waals surface area contributed by atoms with Gasteiger partial charge in [-0.2, -0.15) is 0 Å². The van der Waals surface area contributed by atoms with E-state index in [2.05, 4.69) is 15.6 Å². The molecule has 1 aliphatic heterocycles. The van der Waals surface area contributed by atoms with Crippen molar-refractivity contribution in [1.82, 2.24) is 10.6 Å². The van der Waals surface area contributed by atoms with E-state index in [4.69, 9.17) is 27.9 Å². The fourth-order valence-electron chi connectivity index (χ4n) is 1.57. The molecule has 0 aliphatic carbocycles. The normalized spacial score (nSPS) is 14.0. The molecule has 98 valence electrons. The molecule has 0 aromatic heterocycles. The van der Waals surface area contributed by atoms with Crippen LogP contribution in [-0.4, -0.2) is 32.2 Å². The van der Waals surface area contributed by atoms with Crippen LogP contribution in [0.15, 0.2) is 23.2 Å². The Hall–Kier alpha value is -1.13. The number of halogens is 2. The van der Waals surface area contributed by atoms with Gasteiger partial charge in [0.05, 0.1) is 18.2 Å². The van der Waals surface area contributed by atoms with Crippen molar-refractivity contribution >= 4 is 29.2 Å². The molecular formula is C12H15Cl2N3O. The molecule has 6 heteroatoms. The number of nitrogens with zero attached hydrogens (tertiary/aromatic N) is 1. The molecule has 1 heterocycles. The summed E-state index contributed by atoms with van der Waals surface area (Å²) in [7, 11) is 0. The Morgan fingerprint density at radius 1 is 1.39 bits per heavy atom. The summed E-state index contributed by atoms with van der Waals surface area (Å²) < 4.78 is 5.57. The molecule has 0 saturated carbocycles. The third-order valence-corrected chi connectivity index (χ3v) is 2.97. The van der Waals surface area contributed by atoms with E-state index < -0.39 is 0 Å². The summed E-state index contributed by atoms with van der Waals surface area (Å²) in [4.78, 5) is 4.23. The van der Waals surface area contributed by atoms with Gasteiger partial charge in [0.25, 0.3) is 0 Å². The fraction of sp³-hybridized carbons (Fsp3) is 0.417. The van der Waals surface area contributed by atoms with Gasteiger partial charge in [0.15, 0.2) is 5.96 Å². The number of benzene rings is 1. The lowest BCUT2D eigenvalue weighted by molar-refractivity contribution is 0.311. The number of hydrogen-bond donors (Lipinski definition) is 2. The molecule has 2 N–H and O–H groups in total. The van der Waals surface area contributed by atoms with Crippen molar-refractivity contribution in [3.05, 3.63) is 28.2 Å². The van der Waals surface area contributed by atoms with Gasteiger partial charge in [-0.3, -0.25) is 4.99 Å². The van der Waals surface area contributed by atoms with E-state index in [-0.39, 0.29) is 0 Å². The molecule has 0 amide bonds. The lowest BCUT2D eigenvalue weighted by atomic mass is 10.3. The molecule has 1 aromatic rings. The Bertz CT molecular complexity index is 437. The number of hydrogen-bond acceptors (Lipinski definition) is 4. The summed E-state index contributed by atoms with van der Waals surface area (Å²) in [6.07, 6.45) is 0.875. The van der Waals surface area contributed by atoms with Crippen molar-refractivity contribution < 1.29 is 4.74 Å². The van der Waals surface area contributed by atoms with Gasteiger partial charge in [0, 0.05) is 18.1 Å². The van der Waals surface area contributed by atoms with Crippen LogP contribution in [-0.2, 0) is 0 Å². The number of rotatable bonds is 5. The van der Waals surface area contributed by atoms with E-state index >= 15 is 0 Å². The molecule has 0 atom stereocenters. The highest BCUT2D eigenvalue weighted by Crippen LogP contribution is 2.27. The first-order valence-corrected chi connectivity index (χ1v) is 6.61. The number of guanidine groups is 1. The van der Waals surface area contributed by atoms with Gasteiger partial charge in [-0.15, -0.1) is 0 Å². The monoisotopic (exact) mass is 287 g/mol. The summed E-state index contributed by atoms with van der Waals surface area (Å²) in [6, 6.07) is 5.22. The number of nitrogens with one attached hydrogen (secondary N) is 2. The molecule has 18 heavy (non-hydrogen) atoms. The molecule has 0 bridgehead atoms.